The molecule has 1 amide bonds. The van der Waals surface area contributed by atoms with Crippen LogP contribution < -0.4 is 5.32 Å². The van der Waals surface area contributed by atoms with E-state index in [1.807, 2.05) is 5.32 Å². The third-order valence-corrected chi connectivity index (χ3v) is 4.33. The summed E-state index contributed by atoms with van der Waals surface area (Å²) in [6, 6.07) is 1.54. The van der Waals surface area contributed by atoms with E-state index in [0.29, 0.717) is 11.8 Å². The molecule has 162 valence electrons. The molecule has 0 bridgehead atoms. The van der Waals surface area contributed by atoms with Crippen LogP contribution in [0.4, 0.5) is 23.2 Å². The molecule has 0 aliphatic carbocycles. The van der Waals surface area contributed by atoms with Gasteiger partial charge in [0.2, 0.25) is 0 Å². The number of aromatic hydroxyl groups is 1. The lowest BCUT2D eigenvalue weighted by Gasteiger charge is -2.12. The van der Waals surface area contributed by atoms with Crippen LogP contribution in [0.3, 0.4) is 0 Å². The number of aromatic amines is 1. The van der Waals surface area contributed by atoms with Gasteiger partial charge in [-0.3, -0.25) is 14.9 Å². The van der Waals surface area contributed by atoms with Gasteiger partial charge in [0.15, 0.2) is 5.69 Å². The Hall–Kier alpha value is -3.90. The van der Waals surface area contributed by atoms with Crippen LogP contribution in [-0.2, 0) is 12.7 Å². The molecule has 1 aromatic carbocycles. The van der Waals surface area contributed by atoms with Gasteiger partial charge < -0.3 is 10.4 Å². The molecule has 0 saturated carbocycles. The standard InChI is InChI=1S/C18H14F4N6O3/c1-7-12(6-24-31)25-13(5-23-7)9-4-14(29)10(3-11(9)19)17(30)26-15-8(2)27-28-16(15)18(20,21)22/h3-5,29H,6H2,1-2H3,(H,26,30)(H,27,28). The average molecular weight is 438 g/mol. The van der Waals surface area contributed by atoms with Crippen molar-refractivity contribution >= 4 is 11.6 Å². The van der Waals surface area contributed by atoms with Crippen molar-refractivity contribution in [1.29, 1.82) is 0 Å². The highest BCUT2D eigenvalue weighted by atomic mass is 19.4. The van der Waals surface area contributed by atoms with Crippen molar-refractivity contribution in [2.75, 3.05) is 5.32 Å². The third-order valence-electron chi connectivity index (χ3n) is 4.33. The third kappa shape index (κ3) is 4.34. The quantitative estimate of drug-likeness (QED) is 0.409. The highest BCUT2D eigenvalue weighted by Crippen LogP contribution is 2.35. The molecule has 9 nitrogen and oxygen atoms in total. The van der Waals surface area contributed by atoms with Crippen molar-refractivity contribution in [3.63, 3.8) is 0 Å². The first kappa shape index (κ1) is 21.8. The molecule has 3 aromatic rings. The predicted molar refractivity (Wildman–Crippen MR) is 99.6 cm³/mol. The number of aromatic nitrogens is 4. The van der Waals surface area contributed by atoms with E-state index in [4.69, 9.17) is 0 Å². The summed E-state index contributed by atoms with van der Waals surface area (Å²) < 4.78 is 53.8. The number of nitrogens with one attached hydrogen (secondary N) is 2. The van der Waals surface area contributed by atoms with Gasteiger partial charge in [0, 0.05) is 5.56 Å². The van der Waals surface area contributed by atoms with E-state index in [1.54, 1.807) is 6.92 Å². The number of halogens is 4. The topological polar surface area (TPSA) is 133 Å². The molecule has 31 heavy (non-hydrogen) atoms. The molecule has 0 fully saturated rings. The molecule has 0 radical (unpaired) electrons. The minimum absolute atomic E-state index is 0.0333. The van der Waals surface area contributed by atoms with Gasteiger partial charge in [-0.1, -0.05) is 5.18 Å². The number of carbonyl (C=O) groups is 1. The van der Waals surface area contributed by atoms with E-state index in [2.05, 4.69) is 25.3 Å². The van der Waals surface area contributed by atoms with Crippen LogP contribution in [0.2, 0.25) is 0 Å². The van der Waals surface area contributed by atoms with Gasteiger partial charge in [0.1, 0.15) is 18.1 Å². The molecule has 0 spiro atoms. The fraction of sp³-hybridized carbons (Fsp3) is 0.222. The SMILES string of the molecule is Cc1ncc(-c2cc(O)c(C(=O)Nc3c(C(F)(F)F)n[nH]c3C)cc2F)nc1CN=O. The fourth-order valence-electron chi connectivity index (χ4n) is 2.74. The molecule has 0 aliphatic rings. The maximum Gasteiger partial charge on any atom is 0.437 e. The molecular formula is C18H14F4N6O3. The first-order chi connectivity index (χ1) is 14.5. The van der Waals surface area contributed by atoms with Gasteiger partial charge in [-0.2, -0.15) is 23.2 Å². The van der Waals surface area contributed by atoms with Crippen molar-refractivity contribution in [3.05, 3.63) is 57.4 Å². The van der Waals surface area contributed by atoms with Crippen molar-refractivity contribution < 1.29 is 27.5 Å². The van der Waals surface area contributed by atoms with Crippen LogP contribution in [0.5, 0.6) is 5.75 Å². The molecule has 2 heterocycles. The normalized spacial score (nSPS) is 11.4. The zero-order chi connectivity index (χ0) is 22.9. The highest BCUT2D eigenvalue weighted by Gasteiger charge is 2.38. The minimum atomic E-state index is -4.84. The van der Waals surface area contributed by atoms with Crippen LogP contribution in [0.15, 0.2) is 23.5 Å². The van der Waals surface area contributed by atoms with Crippen LogP contribution in [0.25, 0.3) is 11.3 Å². The summed E-state index contributed by atoms with van der Waals surface area (Å²) in [6.07, 6.45) is -3.64. The maximum atomic E-state index is 14.7. The Bertz CT molecular complexity index is 1180. The number of H-pyrrole nitrogens is 1. The Morgan fingerprint density at radius 3 is 2.65 bits per heavy atom. The van der Waals surface area contributed by atoms with E-state index in [0.717, 1.165) is 6.07 Å². The number of rotatable bonds is 5. The lowest BCUT2D eigenvalue weighted by Crippen LogP contribution is -2.17. The Balaban J connectivity index is 1.96. The number of alkyl halides is 3. The molecule has 0 aliphatic heterocycles. The zero-order valence-corrected chi connectivity index (χ0v) is 16.0. The second-order valence-electron chi connectivity index (χ2n) is 6.45. The molecule has 3 rings (SSSR count). The summed E-state index contributed by atoms with van der Waals surface area (Å²) in [4.78, 5) is 31.0. The maximum absolute atomic E-state index is 14.7. The molecule has 0 saturated heterocycles. The molecule has 13 heteroatoms. The number of anilines is 1. The molecule has 0 unspecified atom stereocenters. The van der Waals surface area contributed by atoms with Crippen molar-refractivity contribution in [3.8, 4) is 17.0 Å². The summed E-state index contributed by atoms with van der Waals surface area (Å²) in [6.45, 7) is 2.53. The summed E-state index contributed by atoms with van der Waals surface area (Å²) >= 11 is 0. The van der Waals surface area contributed by atoms with Gasteiger partial charge in [-0.15, -0.1) is 0 Å². The molecule has 2 aromatic heterocycles. The largest absolute Gasteiger partial charge is 0.507 e. The number of aryl methyl sites for hydroxylation is 2. The number of phenolic OH excluding ortho intramolecular Hbond substituents is 1. The summed E-state index contributed by atoms with van der Waals surface area (Å²) in [5, 5.41) is 20.1. The first-order valence-corrected chi connectivity index (χ1v) is 8.61. The van der Waals surface area contributed by atoms with Gasteiger partial charge >= 0.3 is 6.18 Å². The van der Waals surface area contributed by atoms with Crippen LogP contribution in [0, 0.1) is 24.6 Å². The van der Waals surface area contributed by atoms with E-state index in [1.165, 1.54) is 13.1 Å². The van der Waals surface area contributed by atoms with E-state index >= 15 is 0 Å². The highest BCUT2D eigenvalue weighted by molar-refractivity contribution is 6.07. The lowest BCUT2D eigenvalue weighted by molar-refractivity contribution is -0.140. The fourth-order valence-corrected chi connectivity index (χ4v) is 2.74. The molecular weight excluding hydrogens is 424 g/mol. The summed E-state index contributed by atoms with van der Waals surface area (Å²) in [5.41, 5.74) is -2.35. The van der Waals surface area contributed by atoms with Crippen molar-refractivity contribution in [2.45, 2.75) is 26.6 Å². The van der Waals surface area contributed by atoms with Gasteiger partial charge in [-0.25, -0.2) is 9.37 Å². The van der Waals surface area contributed by atoms with Crippen LogP contribution >= 0.6 is 0 Å². The van der Waals surface area contributed by atoms with E-state index in [9.17, 15) is 32.4 Å². The second-order valence-corrected chi connectivity index (χ2v) is 6.45. The van der Waals surface area contributed by atoms with Crippen LogP contribution in [0.1, 0.15) is 33.1 Å². The number of carbonyl (C=O) groups excluding carboxylic acids is 1. The van der Waals surface area contributed by atoms with Gasteiger partial charge in [0.05, 0.1) is 40.2 Å². The molecule has 3 N–H and O–H groups in total. The van der Waals surface area contributed by atoms with Gasteiger partial charge in [-0.05, 0) is 26.0 Å². The average Bonchev–Trinajstić information content (AvgIpc) is 3.06. The summed E-state index contributed by atoms with van der Waals surface area (Å²) in [5.74, 6) is -2.88. The molecule has 0 atom stereocenters. The van der Waals surface area contributed by atoms with E-state index < -0.39 is 40.6 Å². The smallest absolute Gasteiger partial charge is 0.437 e. The number of benzene rings is 1. The zero-order valence-electron chi connectivity index (χ0n) is 16.0. The lowest BCUT2D eigenvalue weighted by atomic mass is 10.1. The Labute approximate surface area is 171 Å². The Morgan fingerprint density at radius 2 is 2.00 bits per heavy atom. The van der Waals surface area contributed by atoms with Crippen molar-refractivity contribution in [2.24, 2.45) is 5.18 Å². The Kier molecular flexibility index (Phi) is 5.69. The Morgan fingerprint density at radius 1 is 1.29 bits per heavy atom. The second kappa shape index (κ2) is 8.08. The monoisotopic (exact) mass is 438 g/mol. The summed E-state index contributed by atoms with van der Waals surface area (Å²) in [7, 11) is 0. The number of nitroso groups, excluding NO2 is 1. The van der Waals surface area contributed by atoms with E-state index in [-0.39, 0.29) is 29.2 Å². The van der Waals surface area contributed by atoms with Gasteiger partial charge in [0.25, 0.3) is 5.91 Å². The number of hydrogen-bond donors (Lipinski definition) is 3. The number of hydrogen-bond acceptors (Lipinski definition) is 7. The predicted octanol–water partition coefficient (Wildman–Crippen LogP) is 3.87. The van der Waals surface area contributed by atoms with Crippen molar-refractivity contribution in [1.82, 2.24) is 20.2 Å². The minimum Gasteiger partial charge on any atom is -0.507 e. The number of nitrogens with zero attached hydrogens (tertiary/aromatic N) is 4. The van der Waals surface area contributed by atoms with Crippen LogP contribution in [-0.4, -0.2) is 31.2 Å². The number of phenols is 1. The number of amides is 1. The first-order valence-electron chi connectivity index (χ1n) is 8.61.